The molecule has 2 heteroatoms. The van der Waals surface area contributed by atoms with Gasteiger partial charge in [0.2, 0.25) is 0 Å². The Kier molecular flexibility index (Phi) is 4.23. The van der Waals surface area contributed by atoms with E-state index in [1.54, 1.807) is 0 Å². The maximum Gasteiger partial charge on any atom is 0.311 e. The normalized spacial score (nSPS) is 12.2. The molecule has 0 spiro atoms. The third-order valence-electron chi connectivity index (χ3n) is 3.58. The lowest BCUT2D eigenvalue weighted by Crippen LogP contribution is -2.15. The van der Waals surface area contributed by atoms with E-state index in [1.165, 1.54) is 11.1 Å². The fourth-order valence-corrected chi connectivity index (χ4v) is 2.73. The minimum absolute atomic E-state index is 0.489. The SMILES string of the molecule is Cc1cc(C)cc(CC(C(=O)O)c2ccccc2C)c1. The van der Waals surface area contributed by atoms with Crippen LogP contribution in [0.1, 0.15) is 33.7 Å². The number of rotatable bonds is 4. The van der Waals surface area contributed by atoms with Crippen molar-refractivity contribution >= 4 is 5.97 Å². The Bertz CT molecular complexity index is 609. The van der Waals surface area contributed by atoms with E-state index in [0.717, 1.165) is 16.7 Å². The van der Waals surface area contributed by atoms with Gasteiger partial charge in [0, 0.05) is 0 Å². The third-order valence-corrected chi connectivity index (χ3v) is 3.58. The quantitative estimate of drug-likeness (QED) is 0.909. The first-order chi connectivity index (χ1) is 9.47. The smallest absolute Gasteiger partial charge is 0.311 e. The van der Waals surface area contributed by atoms with E-state index in [0.29, 0.717) is 6.42 Å². The van der Waals surface area contributed by atoms with Gasteiger partial charge in [0.25, 0.3) is 0 Å². The van der Waals surface area contributed by atoms with Crippen LogP contribution in [0, 0.1) is 20.8 Å². The monoisotopic (exact) mass is 268 g/mol. The van der Waals surface area contributed by atoms with Crippen LogP contribution in [0.15, 0.2) is 42.5 Å². The molecule has 0 fully saturated rings. The summed E-state index contributed by atoms with van der Waals surface area (Å²) in [6.45, 7) is 6.05. The van der Waals surface area contributed by atoms with Crippen molar-refractivity contribution in [3.63, 3.8) is 0 Å². The molecule has 0 aliphatic rings. The molecule has 0 bridgehead atoms. The van der Waals surface area contributed by atoms with Gasteiger partial charge >= 0.3 is 5.97 Å². The first-order valence-electron chi connectivity index (χ1n) is 6.83. The molecule has 0 aliphatic carbocycles. The maximum atomic E-state index is 11.6. The van der Waals surface area contributed by atoms with E-state index in [4.69, 9.17) is 0 Å². The van der Waals surface area contributed by atoms with E-state index in [-0.39, 0.29) is 0 Å². The largest absolute Gasteiger partial charge is 0.481 e. The van der Waals surface area contributed by atoms with Crippen LogP contribution < -0.4 is 0 Å². The maximum absolute atomic E-state index is 11.6. The van der Waals surface area contributed by atoms with E-state index >= 15 is 0 Å². The molecular formula is C18H20O2. The zero-order chi connectivity index (χ0) is 14.7. The van der Waals surface area contributed by atoms with Crippen LogP contribution in [0.5, 0.6) is 0 Å². The summed E-state index contributed by atoms with van der Waals surface area (Å²) in [5, 5.41) is 9.55. The van der Waals surface area contributed by atoms with E-state index in [9.17, 15) is 9.90 Å². The van der Waals surface area contributed by atoms with Gasteiger partial charge in [-0.1, -0.05) is 53.6 Å². The summed E-state index contributed by atoms with van der Waals surface area (Å²) in [6, 6.07) is 14.0. The number of carboxylic acids is 1. The number of hydrogen-bond acceptors (Lipinski definition) is 1. The molecule has 1 atom stereocenters. The van der Waals surface area contributed by atoms with E-state index < -0.39 is 11.9 Å². The Morgan fingerprint density at radius 2 is 1.65 bits per heavy atom. The molecular weight excluding hydrogens is 248 g/mol. The highest BCUT2D eigenvalue weighted by Crippen LogP contribution is 2.25. The summed E-state index contributed by atoms with van der Waals surface area (Å²) in [7, 11) is 0. The average Bonchev–Trinajstić information content (AvgIpc) is 2.35. The Labute approximate surface area is 120 Å². The van der Waals surface area contributed by atoms with Crippen molar-refractivity contribution in [2.24, 2.45) is 0 Å². The van der Waals surface area contributed by atoms with Crippen molar-refractivity contribution in [1.29, 1.82) is 0 Å². The Morgan fingerprint density at radius 1 is 1.05 bits per heavy atom. The van der Waals surface area contributed by atoms with Gasteiger partial charge in [0.15, 0.2) is 0 Å². The summed E-state index contributed by atoms with van der Waals surface area (Å²) in [5.41, 5.74) is 5.37. The van der Waals surface area contributed by atoms with Gasteiger partial charge in [-0.3, -0.25) is 4.79 Å². The second kappa shape index (κ2) is 5.91. The van der Waals surface area contributed by atoms with Crippen molar-refractivity contribution < 1.29 is 9.90 Å². The average molecular weight is 268 g/mol. The van der Waals surface area contributed by atoms with Gasteiger partial charge in [0.1, 0.15) is 0 Å². The standard InChI is InChI=1S/C18H20O2/c1-12-8-13(2)10-15(9-12)11-17(18(19)20)16-7-5-4-6-14(16)3/h4-10,17H,11H2,1-3H3,(H,19,20). The Hall–Kier alpha value is -2.09. The van der Waals surface area contributed by atoms with Crippen LogP contribution in [0.3, 0.4) is 0 Å². The first kappa shape index (κ1) is 14.3. The lowest BCUT2D eigenvalue weighted by molar-refractivity contribution is -0.138. The third kappa shape index (κ3) is 3.27. The van der Waals surface area contributed by atoms with Gasteiger partial charge < -0.3 is 5.11 Å². The highest BCUT2D eigenvalue weighted by Gasteiger charge is 2.21. The topological polar surface area (TPSA) is 37.3 Å². The molecule has 2 rings (SSSR count). The molecule has 104 valence electrons. The fourth-order valence-electron chi connectivity index (χ4n) is 2.73. The van der Waals surface area contributed by atoms with Crippen molar-refractivity contribution in [3.8, 4) is 0 Å². The molecule has 0 heterocycles. The molecule has 0 saturated carbocycles. The molecule has 2 nitrogen and oxygen atoms in total. The zero-order valence-corrected chi connectivity index (χ0v) is 12.2. The summed E-state index contributed by atoms with van der Waals surface area (Å²) in [5.74, 6) is -1.25. The van der Waals surface area contributed by atoms with E-state index in [1.807, 2.05) is 45.0 Å². The molecule has 0 aliphatic heterocycles. The van der Waals surface area contributed by atoms with Crippen LogP contribution in [-0.4, -0.2) is 11.1 Å². The molecule has 1 unspecified atom stereocenters. The van der Waals surface area contributed by atoms with Crippen molar-refractivity contribution in [3.05, 3.63) is 70.3 Å². The van der Waals surface area contributed by atoms with Crippen molar-refractivity contribution in [1.82, 2.24) is 0 Å². The highest BCUT2D eigenvalue weighted by atomic mass is 16.4. The number of carbonyl (C=O) groups is 1. The Morgan fingerprint density at radius 3 is 2.20 bits per heavy atom. The van der Waals surface area contributed by atoms with Gasteiger partial charge in [-0.2, -0.15) is 0 Å². The molecule has 1 N–H and O–H groups in total. The van der Waals surface area contributed by atoms with Crippen LogP contribution in [0.2, 0.25) is 0 Å². The van der Waals surface area contributed by atoms with Gasteiger partial charge in [0.05, 0.1) is 5.92 Å². The van der Waals surface area contributed by atoms with Gasteiger partial charge in [-0.25, -0.2) is 0 Å². The number of aryl methyl sites for hydroxylation is 3. The van der Waals surface area contributed by atoms with Crippen LogP contribution in [0.25, 0.3) is 0 Å². The molecule has 0 radical (unpaired) electrons. The molecule has 0 saturated heterocycles. The lowest BCUT2D eigenvalue weighted by Gasteiger charge is -2.16. The summed E-state index contributed by atoms with van der Waals surface area (Å²) >= 11 is 0. The predicted octanol–water partition coefficient (Wildman–Crippen LogP) is 4.02. The second-order valence-corrected chi connectivity index (χ2v) is 5.45. The number of carboxylic acid groups (broad SMARTS) is 1. The molecule has 2 aromatic rings. The van der Waals surface area contributed by atoms with Crippen LogP contribution >= 0.6 is 0 Å². The first-order valence-corrected chi connectivity index (χ1v) is 6.83. The minimum Gasteiger partial charge on any atom is -0.481 e. The predicted molar refractivity (Wildman–Crippen MR) is 81.2 cm³/mol. The lowest BCUT2D eigenvalue weighted by atomic mass is 9.88. The summed E-state index contributed by atoms with van der Waals surface area (Å²) < 4.78 is 0. The molecule has 2 aromatic carbocycles. The van der Waals surface area contributed by atoms with Crippen LogP contribution in [-0.2, 0) is 11.2 Å². The zero-order valence-electron chi connectivity index (χ0n) is 12.2. The van der Waals surface area contributed by atoms with Gasteiger partial charge in [-0.15, -0.1) is 0 Å². The second-order valence-electron chi connectivity index (χ2n) is 5.45. The molecule has 20 heavy (non-hydrogen) atoms. The van der Waals surface area contributed by atoms with E-state index in [2.05, 4.69) is 18.2 Å². The molecule has 0 amide bonds. The van der Waals surface area contributed by atoms with Crippen LogP contribution in [0.4, 0.5) is 0 Å². The minimum atomic E-state index is -0.765. The Balaban J connectivity index is 2.36. The molecule has 0 aromatic heterocycles. The highest BCUT2D eigenvalue weighted by molar-refractivity contribution is 5.77. The summed E-state index contributed by atoms with van der Waals surface area (Å²) in [6.07, 6.45) is 0.530. The number of aliphatic carboxylic acids is 1. The summed E-state index contributed by atoms with van der Waals surface area (Å²) in [4.78, 5) is 11.6. The van der Waals surface area contributed by atoms with Crippen molar-refractivity contribution in [2.75, 3.05) is 0 Å². The fraction of sp³-hybridized carbons (Fsp3) is 0.278. The number of benzene rings is 2. The van der Waals surface area contributed by atoms with Gasteiger partial charge in [-0.05, 0) is 43.9 Å². The number of hydrogen-bond donors (Lipinski definition) is 1. The van der Waals surface area contributed by atoms with Crippen molar-refractivity contribution in [2.45, 2.75) is 33.1 Å².